The summed E-state index contributed by atoms with van der Waals surface area (Å²) >= 11 is 0. The maximum absolute atomic E-state index is 13.7. The summed E-state index contributed by atoms with van der Waals surface area (Å²) in [5, 5.41) is 0. The van der Waals surface area contributed by atoms with E-state index in [1.165, 1.54) is 19.3 Å². The number of alkyl halides is 6. The molecule has 1 aromatic carbocycles. The van der Waals surface area contributed by atoms with Crippen molar-refractivity contribution in [1.82, 2.24) is 14.3 Å². The van der Waals surface area contributed by atoms with Crippen molar-refractivity contribution in [2.45, 2.75) is 63.9 Å². The lowest BCUT2D eigenvalue weighted by atomic mass is 9.41. The van der Waals surface area contributed by atoms with E-state index >= 15 is 0 Å². The predicted octanol–water partition coefficient (Wildman–Crippen LogP) is 4.89. The summed E-state index contributed by atoms with van der Waals surface area (Å²) < 4.78 is 107. The first kappa shape index (κ1) is 24.4. The van der Waals surface area contributed by atoms with E-state index in [9.17, 15) is 34.8 Å². The summed E-state index contributed by atoms with van der Waals surface area (Å²) in [6, 6.07) is 1.54. The molecule has 3 fully saturated rings. The number of sulfonamides is 1. The minimum atomic E-state index is -5.78. The quantitative estimate of drug-likeness (QED) is 0.581. The Kier molecular flexibility index (Phi) is 5.31. The fourth-order valence-electron chi connectivity index (χ4n) is 5.93. The number of rotatable bonds is 4. The van der Waals surface area contributed by atoms with E-state index in [4.69, 9.17) is 0 Å². The molecule has 35 heavy (non-hydrogen) atoms. The SMILES string of the molecule is Cc1[nH]cnc1CN1c2ccc(C(F)(F)F)c(C)c2CN(S(=O)(=O)C(F)(F)F)C[C@@H]1C12CC(C1)C2. The van der Waals surface area contributed by atoms with Crippen molar-refractivity contribution in [3.8, 4) is 0 Å². The predicted molar refractivity (Wildman–Crippen MR) is 115 cm³/mol. The molecule has 192 valence electrons. The van der Waals surface area contributed by atoms with Crippen LogP contribution in [0.15, 0.2) is 18.5 Å². The smallest absolute Gasteiger partial charge is 0.360 e. The summed E-state index contributed by atoms with van der Waals surface area (Å²) in [7, 11) is -5.78. The Bertz CT molecular complexity index is 1250. The highest BCUT2D eigenvalue weighted by atomic mass is 32.2. The molecule has 1 aromatic heterocycles. The molecule has 0 amide bonds. The van der Waals surface area contributed by atoms with E-state index in [-0.39, 0.29) is 23.1 Å². The number of H-pyrrole nitrogens is 1. The van der Waals surface area contributed by atoms with Gasteiger partial charge in [-0.05, 0) is 67.7 Å². The molecule has 6 nitrogen and oxygen atoms in total. The van der Waals surface area contributed by atoms with Gasteiger partial charge in [0.05, 0.1) is 24.1 Å². The molecule has 6 rings (SSSR count). The Morgan fingerprint density at radius 1 is 1.11 bits per heavy atom. The molecule has 1 atom stereocenters. The van der Waals surface area contributed by atoms with Gasteiger partial charge in [0.15, 0.2) is 0 Å². The van der Waals surface area contributed by atoms with E-state index in [0.29, 0.717) is 21.6 Å². The van der Waals surface area contributed by atoms with Crippen LogP contribution in [0.2, 0.25) is 0 Å². The van der Waals surface area contributed by atoms with Crippen molar-refractivity contribution >= 4 is 15.7 Å². The Balaban J connectivity index is 1.70. The number of aryl methyl sites for hydroxylation is 1. The van der Waals surface area contributed by atoms with Gasteiger partial charge in [0, 0.05) is 30.5 Å². The van der Waals surface area contributed by atoms with E-state index < -0.39 is 46.4 Å². The molecule has 0 spiro atoms. The number of nitrogens with zero attached hydrogens (tertiary/aromatic N) is 3. The minimum absolute atomic E-state index is 0.0741. The van der Waals surface area contributed by atoms with Crippen molar-refractivity contribution in [2.24, 2.45) is 11.3 Å². The van der Waals surface area contributed by atoms with Gasteiger partial charge in [0.1, 0.15) is 0 Å². The fraction of sp³-hybridized carbons (Fsp3) is 0.591. The Hall–Kier alpha value is -2.28. The van der Waals surface area contributed by atoms with E-state index in [2.05, 4.69) is 9.97 Å². The first-order valence-electron chi connectivity index (χ1n) is 11.2. The second-order valence-corrected chi connectivity index (χ2v) is 11.9. The van der Waals surface area contributed by atoms with Gasteiger partial charge in [-0.15, -0.1) is 0 Å². The Morgan fingerprint density at radius 3 is 2.26 bits per heavy atom. The Labute approximate surface area is 198 Å². The summed E-state index contributed by atoms with van der Waals surface area (Å²) in [6.45, 7) is 1.82. The zero-order valence-corrected chi connectivity index (χ0v) is 19.8. The topological polar surface area (TPSA) is 69.3 Å². The van der Waals surface area contributed by atoms with Gasteiger partial charge in [0.2, 0.25) is 0 Å². The monoisotopic (exact) mass is 522 g/mol. The average molecular weight is 523 g/mol. The Morgan fingerprint density at radius 2 is 1.77 bits per heavy atom. The molecule has 1 N–H and O–H groups in total. The van der Waals surface area contributed by atoms with Crippen LogP contribution in [-0.2, 0) is 29.3 Å². The van der Waals surface area contributed by atoms with Gasteiger partial charge >= 0.3 is 21.7 Å². The molecular weight excluding hydrogens is 498 g/mol. The number of imidazole rings is 1. The highest BCUT2D eigenvalue weighted by Crippen LogP contribution is 2.68. The summed E-state index contributed by atoms with van der Waals surface area (Å²) in [5.74, 6) is 0.453. The van der Waals surface area contributed by atoms with Crippen LogP contribution in [0.3, 0.4) is 0 Å². The van der Waals surface area contributed by atoms with Crippen LogP contribution in [-0.4, -0.2) is 40.8 Å². The molecule has 0 radical (unpaired) electrons. The number of hydrogen-bond donors (Lipinski definition) is 1. The summed E-state index contributed by atoms with van der Waals surface area (Å²) in [5.41, 5.74) is -5.68. The molecule has 0 unspecified atom stereocenters. The van der Waals surface area contributed by atoms with Crippen molar-refractivity contribution < 1.29 is 34.8 Å². The number of anilines is 1. The van der Waals surface area contributed by atoms with Crippen LogP contribution in [0.4, 0.5) is 32.0 Å². The summed E-state index contributed by atoms with van der Waals surface area (Å²) in [4.78, 5) is 9.01. The number of aromatic nitrogens is 2. The molecule has 2 aromatic rings. The van der Waals surface area contributed by atoms with Crippen LogP contribution in [0.25, 0.3) is 0 Å². The van der Waals surface area contributed by atoms with E-state index in [1.807, 2.05) is 0 Å². The number of aromatic amines is 1. The standard InChI is InChI=1S/C22H24F6N4O2S/c1-12-15-8-31(35(33,34)22(26,27)28)10-19(20-5-14(6-20)7-20)32(9-17-13(2)29-11-30-17)18(15)4-3-16(12)21(23,24)25/h3-4,11,14,19H,5-10H2,1-2H3,(H,29,30)/t14?,19-,20?/m1/s1. The molecule has 13 heteroatoms. The lowest BCUT2D eigenvalue weighted by molar-refractivity contribution is -0.138. The van der Waals surface area contributed by atoms with Gasteiger partial charge in [-0.3, -0.25) is 0 Å². The highest BCUT2D eigenvalue weighted by Gasteiger charge is 2.63. The van der Waals surface area contributed by atoms with Gasteiger partial charge in [-0.1, -0.05) is 0 Å². The van der Waals surface area contributed by atoms with Crippen LogP contribution in [0.5, 0.6) is 0 Å². The lowest BCUT2D eigenvalue weighted by Gasteiger charge is -2.67. The first-order valence-corrected chi connectivity index (χ1v) is 12.6. The van der Waals surface area contributed by atoms with Crippen molar-refractivity contribution in [2.75, 3.05) is 11.4 Å². The number of benzene rings is 1. The lowest BCUT2D eigenvalue weighted by Crippen LogP contribution is -2.66. The number of fused-ring (bicyclic) bond motifs is 1. The largest absolute Gasteiger partial charge is 0.511 e. The van der Waals surface area contributed by atoms with Gasteiger partial charge in [0.25, 0.3) is 0 Å². The van der Waals surface area contributed by atoms with Crippen LogP contribution in [0.1, 0.15) is 47.3 Å². The van der Waals surface area contributed by atoms with Crippen molar-refractivity contribution in [1.29, 1.82) is 0 Å². The second-order valence-electron chi connectivity index (χ2n) is 9.94. The van der Waals surface area contributed by atoms with Gasteiger partial charge in [-0.2, -0.15) is 30.6 Å². The molecule has 2 heterocycles. The minimum Gasteiger partial charge on any atom is -0.360 e. The van der Waals surface area contributed by atoms with Gasteiger partial charge in [-0.25, -0.2) is 13.4 Å². The number of halogens is 6. The first-order chi connectivity index (χ1) is 16.1. The van der Waals surface area contributed by atoms with Crippen LogP contribution < -0.4 is 4.90 Å². The number of nitrogens with one attached hydrogen (secondary N) is 1. The molecule has 0 saturated heterocycles. The van der Waals surface area contributed by atoms with Crippen molar-refractivity contribution in [3.05, 3.63) is 46.5 Å². The van der Waals surface area contributed by atoms with E-state index in [0.717, 1.165) is 31.0 Å². The zero-order chi connectivity index (χ0) is 25.6. The summed E-state index contributed by atoms with van der Waals surface area (Å²) in [6.07, 6.45) is -1.01. The third-order valence-electron chi connectivity index (χ3n) is 7.96. The zero-order valence-electron chi connectivity index (χ0n) is 19.0. The number of hydrogen-bond acceptors (Lipinski definition) is 4. The normalized spacial score (nSPS) is 27.1. The third kappa shape index (κ3) is 3.73. The molecular formula is C22H24F6N4O2S. The molecule has 3 saturated carbocycles. The molecule has 4 aliphatic rings. The van der Waals surface area contributed by atoms with Crippen molar-refractivity contribution in [3.63, 3.8) is 0 Å². The molecule has 3 aliphatic carbocycles. The second kappa shape index (κ2) is 7.61. The maximum Gasteiger partial charge on any atom is 0.511 e. The molecule has 2 bridgehead atoms. The van der Waals surface area contributed by atoms with Gasteiger partial charge < -0.3 is 9.88 Å². The maximum atomic E-state index is 13.7. The van der Waals surface area contributed by atoms with E-state index in [1.54, 1.807) is 11.8 Å². The average Bonchev–Trinajstić information content (AvgIpc) is 2.98. The van der Waals surface area contributed by atoms with Crippen LogP contribution >= 0.6 is 0 Å². The molecule has 1 aliphatic heterocycles. The fourth-order valence-corrected chi connectivity index (χ4v) is 6.86. The third-order valence-corrected chi connectivity index (χ3v) is 9.50. The highest BCUT2D eigenvalue weighted by molar-refractivity contribution is 7.89. The van der Waals surface area contributed by atoms with Crippen LogP contribution in [0, 0.1) is 25.2 Å².